The predicted molar refractivity (Wildman–Crippen MR) is 86.5 cm³/mol. The van der Waals surface area contributed by atoms with Crippen molar-refractivity contribution in [3.8, 4) is 0 Å². The average Bonchev–Trinajstić information content (AvgIpc) is 2.87. The van der Waals surface area contributed by atoms with Crippen molar-refractivity contribution in [1.82, 2.24) is 15.1 Å². The lowest BCUT2D eigenvalue weighted by molar-refractivity contribution is 0.0696. The first kappa shape index (κ1) is 16.7. The van der Waals surface area contributed by atoms with Crippen molar-refractivity contribution >= 4 is 11.9 Å². The molecule has 0 saturated heterocycles. The minimum atomic E-state index is -0.986. The Bertz CT molecular complexity index is 742. The summed E-state index contributed by atoms with van der Waals surface area (Å²) in [5, 5.41) is 16.1. The van der Waals surface area contributed by atoms with Crippen molar-refractivity contribution in [3.63, 3.8) is 0 Å². The van der Waals surface area contributed by atoms with Gasteiger partial charge in [0, 0.05) is 19.0 Å². The van der Waals surface area contributed by atoms with E-state index in [-0.39, 0.29) is 23.4 Å². The second kappa shape index (κ2) is 6.24. The Morgan fingerprint density at radius 1 is 1.26 bits per heavy atom. The highest BCUT2D eigenvalue weighted by Gasteiger charge is 2.21. The lowest BCUT2D eigenvalue weighted by Crippen LogP contribution is -2.25. The van der Waals surface area contributed by atoms with E-state index in [0.717, 1.165) is 11.3 Å². The molecule has 0 aliphatic carbocycles. The zero-order valence-corrected chi connectivity index (χ0v) is 13.8. The molecule has 6 nitrogen and oxygen atoms in total. The van der Waals surface area contributed by atoms with Crippen LogP contribution in [-0.4, -0.2) is 26.8 Å². The maximum absolute atomic E-state index is 12.3. The van der Waals surface area contributed by atoms with Gasteiger partial charge in [0.15, 0.2) is 0 Å². The van der Waals surface area contributed by atoms with Crippen LogP contribution in [-0.2, 0) is 19.0 Å². The normalized spacial score (nSPS) is 11.3. The molecule has 23 heavy (non-hydrogen) atoms. The van der Waals surface area contributed by atoms with E-state index < -0.39 is 5.97 Å². The zero-order chi connectivity index (χ0) is 17.2. The monoisotopic (exact) mass is 315 g/mol. The molecule has 1 aromatic carbocycles. The Morgan fingerprint density at radius 2 is 1.96 bits per heavy atom. The average molecular weight is 315 g/mol. The van der Waals surface area contributed by atoms with Gasteiger partial charge >= 0.3 is 5.97 Å². The van der Waals surface area contributed by atoms with Gasteiger partial charge in [0.25, 0.3) is 5.91 Å². The molecule has 2 N–H and O–H groups in total. The summed E-state index contributed by atoms with van der Waals surface area (Å²) in [6.07, 6.45) is 0. The molecule has 0 radical (unpaired) electrons. The fourth-order valence-corrected chi connectivity index (χ4v) is 2.13. The van der Waals surface area contributed by atoms with Crippen molar-refractivity contribution in [2.24, 2.45) is 7.05 Å². The predicted octanol–water partition coefficient (Wildman–Crippen LogP) is 2.35. The molecular weight excluding hydrogens is 294 g/mol. The number of hydrogen-bond donors (Lipinski definition) is 2. The molecule has 1 amide bonds. The van der Waals surface area contributed by atoms with Crippen LogP contribution in [0, 0.1) is 0 Å². The van der Waals surface area contributed by atoms with Crippen molar-refractivity contribution in [2.75, 3.05) is 0 Å². The molecule has 0 fully saturated rings. The van der Waals surface area contributed by atoms with Crippen LogP contribution >= 0.6 is 0 Å². The second-order valence-electron chi connectivity index (χ2n) is 6.48. The molecule has 0 spiro atoms. The Balaban J connectivity index is 2.10. The quantitative estimate of drug-likeness (QED) is 0.907. The van der Waals surface area contributed by atoms with Crippen LogP contribution in [0.25, 0.3) is 0 Å². The molecule has 2 aromatic rings. The van der Waals surface area contributed by atoms with Crippen LogP contribution < -0.4 is 5.32 Å². The summed E-state index contributed by atoms with van der Waals surface area (Å²) in [6.45, 7) is 6.37. The number of carboxylic acids is 1. The third-order valence-corrected chi connectivity index (χ3v) is 3.51. The van der Waals surface area contributed by atoms with Gasteiger partial charge in [-0.2, -0.15) is 5.10 Å². The first-order chi connectivity index (χ1) is 10.7. The number of aromatic nitrogens is 2. The highest BCUT2D eigenvalue weighted by Crippen LogP contribution is 2.21. The van der Waals surface area contributed by atoms with Gasteiger partial charge < -0.3 is 10.4 Å². The molecule has 6 heteroatoms. The van der Waals surface area contributed by atoms with E-state index in [1.807, 2.05) is 20.8 Å². The fraction of sp³-hybridized carbons (Fsp3) is 0.353. The largest absolute Gasteiger partial charge is 0.478 e. The smallest absolute Gasteiger partial charge is 0.335 e. The van der Waals surface area contributed by atoms with Crippen LogP contribution in [0.1, 0.15) is 52.9 Å². The van der Waals surface area contributed by atoms with Gasteiger partial charge in [0.2, 0.25) is 0 Å². The van der Waals surface area contributed by atoms with Gasteiger partial charge in [-0.3, -0.25) is 9.48 Å². The number of nitrogens with one attached hydrogen (secondary N) is 1. The van der Waals surface area contributed by atoms with E-state index >= 15 is 0 Å². The lowest BCUT2D eigenvalue weighted by atomic mass is 9.92. The van der Waals surface area contributed by atoms with Crippen LogP contribution in [0.15, 0.2) is 30.3 Å². The van der Waals surface area contributed by atoms with E-state index in [1.165, 1.54) is 6.07 Å². The van der Waals surface area contributed by atoms with Gasteiger partial charge in [0.05, 0.1) is 11.3 Å². The minimum Gasteiger partial charge on any atom is -0.478 e. The molecule has 0 aliphatic heterocycles. The number of carboxylic acid groups (broad SMARTS) is 1. The summed E-state index contributed by atoms with van der Waals surface area (Å²) in [7, 11) is 1.73. The number of benzene rings is 1. The van der Waals surface area contributed by atoms with Crippen molar-refractivity contribution in [2.45, 2.75) is 32.7 Å². The maximum atomic E-state index is 12.3. The van der Waals surface area contributed by atoms with Crippen molar-refractivity contribution in [3.05, 3.63) is 52.8 Å². The van der Waals surface area contributed by atoms with E-state index in [9.17, 15) is 9.59 Å². The molecule has 0 saturated carbocycles. The van der Waals surface area contributed by atoms with E-state index in [4.69, 9.17) is 5.11 Å². The summed E-state index contributed by atoms with van der Waals surface area (Å²) in [4.78, 5) is 23.3. The summed E-state index contributed by atoms with van der Waals surface area (Å²) < 4.78 is 1.56. The summed E-state index contributed by atoms with van der Waals surface area (Å²) in [5.74, 6) is -1.23. The molecule has 1 aromatic heterocycles. The number of carbonyl (C=O) groups is 2. The van der Waals surface area contributed by atoms with Crippen LogP contribution in [0.3, 0.4) is 0 Å². The molecule has 1 heterocycles. The molecule has 0 atom stereocenters. The first-order valence-electron chi connectivity index (χ1n) is 7.33. The van der Waals surface area contributed by atoms with Gasteiger partial charge in [0.1, 0.15) is 5.69 Å². The summed E-state index contributed by atoms with van der Waals surface area (Å²) in [5.41, 5.74) is 2.12. The third kappa shape index (κ3) is 3.97. The fourth-order valence-electron chi connectivity index (χ4n) is 2.13. The number of aryl methyl sites for hydroxylation is 1. The van der Waals surface area contributed by atoms with Gasteiger partial charge in [-0.25, -0.2) is 4.79 Å². The molecule has 2 rings (SSSR count). The molecule has 0 aliphatic rings. The topological polar surface area (TPSA) is 84.2 Å². The zero-order valence-electron chi connectivity index (χ0n) is 13.8. The Morgan fingerprint density at radius 3 is 2.52 bits per heavy atom. The van der Waals surface area contributed by atoms with Crippen LogP contribution in [0.5, 0.6) is 0 Å². The van der Waals surface area contributed by atoms with E-state index in [2.05, 4.69) is 10.4 Å². The summed E-state index contributed by atoms with van der Waals surface area (Å²) >= 11 is 0. The standard InChI is InChI=1S/C17H21N3O3/c1-17(2,3)14-9-13(20(4)19-14)15(21)18-10-11-6-5-7-12(8-11)16(22)23/h5-9H,10H2,1-4H3,(H,18,21)(H,22,23). The van der Waals surface area contributed by atoms with Crippen LogP contribution in [0.4, 0.5) is 0 Å². The third-order valence-electron chi connectivity index (χ3n) is 3.51. The molecule has 0 unspecified atom stereocenters. The van der Waals surface area contributed by atoms with E-state index in [0.29, 0.717) is 5.69 Å². The number of nitrogens with zero attached hydrogens (tertiary/aromatic N) is 2. The molecular formula is C17H21N3O3. The number of amides is 1. The van der Waals surface area contributed by atoms with Crippen molar-refractivity contribution in [1.29, 1.82) is 0 Å². The maximum Gasteiger partial charge on any atom is 0.335 e. The van der Waals surface area contributed by atoms with Gasteiger partial charge in [-0.05, 0) is 23.8 Å². The number of aromatic carboxylic acids is 1. The first-order valence-corrected chi connectivity index (χ1v) is 7.33. The Hall–Kier alpha value is -2.63. The van der Waals surface area contributed by atoms with Crippen LogP contribution in [0.2, 0.25) is 0 Å². The number of hydrogen-bond acceptors (Lipinski definition) is 3. The lowest BCUT2D eigenvalue weighted by Gasteiger charge is -2.13. The Kier molecular flexibility index (Phi) is 4.54. The Labute approximate surface area is 135 Å². The van der Waals surface area contributed by atoms with E-state index in [1.54, 1.807) is 36.0 Å². The highest BCUT2D eigenvalue weighted by molar-refractivity contribution is 5.92. The number of carbonyl (C=O) groups excluding carboxylic acids is 1. The SMILES string of the molecule is Cn1nc(C(C)(C)C)cc1C(=O)NCc1cccc(C(=O)O)c1. The molecule has 0 bridgehead atoms. The highest BCUT2D eigenvalue weighted by atomic mass is 16.4. The second-order valence-corrected chi connectivity index (χ2v) is 6.48. The van der Waals surface area contributed by atoms with Crippen molar-refractivity contribution < 1.29 is 14.7 Å². The molecule has 122 valence electrons. The minimum absolute atomic E-state index is 0.133. The van der Waals surface area contributed by atoms with Gasteiger partial charge in [-0.1, -0.05) is 32.9 Å². The van der Waals surface area contributed by atoms with Gasteiger partial charge in [-0.15, -0.1) is 0 Å². The summed E-state index contributed by atoms with van der Waals surface area (Å²) in [6, 6.07) is 8.28. The number of rotatable bonds is 4.